The number of rotatable bonds is 5. The highest BCUT2D eigenvalue weighted by Gasteiger charge is 2.19. The molecular formula is C50H30N4S. The Morgan fingerprint density at radius 1 is 0.345 bits per heavy atom. The predicted octanol–water partition coefficient (Wildman–Crippen LogP) is 13.4. The van der Waals surface area contributed by atoms with Crippen LogP contribution in [0.2, 0.25) is 0 Å². The second-order valence-electron chi connectivity index (χ2n) is 13.8. The molecule has 3 heterocycles. The quantitative estimate of drug-likeness (QED) is 0.166. The summed E-state index contributed by atoms with van der Waals surface area (Å²) >= 11 is 1.79. The molecule has 0 saturated heterocycles. The monoisotopic (exact) mass is 718 g/mol. The van der Waals surface area contributed by atoms with Gasteiger partial charge < -0.3 is 0 Å². The summed E-state index contributed by atoms with van der Waals surface area (Å²) in [6, 6.07) is 63.9. The summed E-state index contributed by atoms with van der Waals surface area (Å²) in [7, 11) is 0. The van der Waals surface area contributed by atoms with Crippen molar-refractivity contribution >= 4 is 64.0 Å². The van der Waals surface area contributed by atoms with E-state index in [9.17, 15) is 0 Å². The Hall–Kier alpha value is -7.08. The highest BCUT2D eigenvalue weighted by Crippen LogP contribution is 2.44. The Morgan fingerprint density at radius 2 is 0.891 bits per heavy atom. The minimum atomic E-state index is 0.634. The third-order valence-corrected chi connectivity index (χ3v) is 11.7. The van der Waals surface area contributed by atoms with Crippen LogP contribution in [0.5, 0.6) is 0 Å². The van der Waals surface area contributed by atoms with Crippen LogP contribution >= 0.6 is 11.3 Å². The number of hydrogen-bond acceptors (Lipinski definition) is 5. The summed E-state index contributed by atoms with van der Waals surface area (Å²) in [6.45, 7) is 0. The Bertz CT molecular complexity index is 3250. The molecule has 55 heavy (non-hydrogen) atoms. The fraction of sp³-hybridized carbons (Fsp3) is 0. The molecule has 0 saturated carbocycles. The van der Waals surface area contributed by atoms with Crippen LogP contribution in [0.25, 0.3) is 109 Å². The third-order valence-electron chi connectivity index (χ3n) is 10.5. The van der Waals surface area contributed by atoms with Crippen molar-refractivity contribution in [3.05, 3.63) is 182 Å². The van der Waals surface area contributed by atoms with Crippen LogP contribution in [-0.2, 0) is 0 Å². The van der Waals surface area contributed by atoms with Gasteiger partial charge in [0, 0.05) is 43.1 Å². The van der Waals surface area contributed by atoms with Gasteiger partial charge in [-0.1, -0.05) is 152 Å². The summed E-state index contributed by atoms with van der Waals surface area (Å²) in [5.74, 6) is 1.91. The molecule has 0 aliphatic carbocycles. The maximum absolute atomic E-state index is 5.17. The van der Waals surface area contributed by atoms with Gasteiger partial charge in [-0.05, 0) is 63.0 Å². The molecule has 0 atom stereocenters. The van der Waals surface area contributed by atoms with Crippen molar-refractivity contribution in [2.75, 3.05) is 0 Å². The number of hydrogen-bond donors (Lipinski definition) is 0. The maximum atomic E-state index is 5.17. The van der Waals surface area contributed by atoms with Crippen molar-refractivity contribution in [1.29, 1.82) is 0 Å². The van der Waals surface area contributed by atoms with Crippen molar-refractivity contribution in [3.8, 4) is 56.5 Å². The predicted molar refractivity (Wildman–Crippen MR) is 230 cm³/mol. The maximum Gasteiger partial charge on any atom is 0.164 e. The molecule has 0 amide bonds. The SMILES string of the molecule is c1ccc(-c2nc(-c3ccc(-c4cc5ccccc5c5ccccc45)cc3)nc(-c3ccc4sc5c(-c6ccccc6)nc6ccccc6c5c4c3)n2)cc1. The number of pyridine rings is 1. The van der Waals surface area contributed by atoms with Gasteiger partial charge in [0.05, 0.1) is 15.9 Å². The highest BCUT2D eigenvalue weighted by atomic mass is 32.1. The molecular weight excluding hydrogens is 689 g/mol. The summed E-state index contributed by atoms with van der Waals surface area (Å²) in [5.41, 5.74) is 8.26. The van der Waals surface area contributed by atoms with Gasteiger partial charge in [0.15, 0.2) is 17.5 Å². The van der Waals surface area contributed by atoms with Crippen LogP contribution in [0.3, 0.4) is 0 Å². The Balaban J connectivity index is 1.07. The molecule has 4 nitrogen and oxygen atoms in total. The number of thiophene rings is 1. The lowest BCUT2D eigenvalue weighted by Crippen LogP contribution is -2.00. The normalized spacial score (nSPS) is 11.6. The second kappa shape index (κ2) is 12.8. The van der Waals surface area contributed by atoms with Crippen LogP contribution in [0.1, 0.15) is 0 Å². The van der Waals surface area contributed by atoms with E-state index < -0.39 is 0 Å². The van der Waals surface area contributed by atoms with Crippen molar-refractivity contribution in [2.24, 2.45) is 0 Å². The zero-order valence-corrected chi connectivity index (χ0v) is 30.3. The summed E-state index contributed by atoms with van der Waals surface area (Å²) < 4.78 is 2.38. The molecule has 5 heteroatoms. The van der Waals surface area contributed by atoms with Crippen LogP contribution < -0.4 is 0 Å². The van der Waals surface area contributed by atoms with Crippen molar-refractivity contribution in [3.63, 3.8) is 0 Å². The van der Waals surface area contributed by atoms with Crippen LogP contribution in [0, 0.1) is 0 Å². The van der Waals surface area contributed by atoms with E-state index in [1.807, 2.05) is 24.3 Å². The Morgan fingerprint density at radius 3 is 1.64 bits per heavy atom. The van der Waals surface area contributed by atoms with E-state index in [4.69, 9.17) is 19.9 Å². The van der Waals surface area contributed by atoms with Crippen molar-refractivity contribution < 1.29 is 0 Å². The van der Waals surface area contributed by atoms with E-state index in [0.717, 1.165) is 44.4 Å². The van der Waals surface area contributed by atoms with Gasteiger partial charge in [-0.2, -0.15) is 0 Å². The van der Waals surface area contributed by atoms with Gasteiger partial charge >= 0.3 is 0 Å². The standard InChI is InChI=1S/C50H30N4S/c1-3-13-32(14-4-1)46-47-45(40-21-11-12-22-43(40)51-46)42-30-36(27-28-44(42)55-47)50-53-48(33-15-5-2-6-16-33)52-49(54-50)34-25-23-31(24-26-34)41-29-35-17-7-8-18-37(35)38-19-9-10-20-39(38)41/h1-30H. The van der Waals surface area contributed by atoms with Gasteiger partial charge in [-0.3, -0.25) is 0 Å². The molecule has 0 aliphatic heterocycles. The zero-order chi connectivity index (χ0) is 36.3. The molecule has 0 spiro atoms. The van der Waals surface area contributed by atoms with Crippen LogP contribution in [0.4, 0.5) is 0 Å². The molecule has 11 rings (SSSR count). The van der Waals surface area contributed by atoms with Gasteiger partial charge in [-0.15, -0.1) is 11.3 Å². The minimum absolute atomic E-state index is 0.634. The largest absolute Gasteiger partial charge is 0.246 e. The smallest absolute Gasteiger partial charge is 0.164 e. The van der Waals surface area contributed by atoms with Gasteiger partial charge in [0.1, 0.15) is 0 Å². The van der Waals surface area contributed by atoms with Gasteiger partial charge in [0.25, 0.3) is 0 Å². The molecule has 0 bridgehead atoms. The lowest BCUT2D eigenvalue weighted by molar-refractivity contribution is 1.07. The van der Waals surface area contributed by atoms with Crippen LogP contribution in [0.15, 0.2) is 182 Å². The Kier molecular flexibility index (Phi) is 7.32. The van der Waals surface area contributed by atoms with E-state index in [1.54, 1.807) is 11.3 Å². The number of fused-ring (bicyclic) bond motifs is 8. The van der Waals surface area contributed by atoms with E-state index in [0.29, 0.717) is 17.5 Å². The first-order chi connectivity index (χ1) is 27.2. The number of para-hydroxylation sites is 1. The van der Waals surface area contributed by atoms with Crippen molar-refractivity contribution in [1.82, 2.24) is 19.9 Å². The molecule has 0 radical (unpaired) electrons. The molecule has 8 aromatic carbocycles. The molecule has 0 N–H and O–H groups in total. The molecule has 0 fully saturated rings. The molecule has 3 aromatic heterocycles. The Labute approximate surface area is 321 Å². The van der Waals surface area contributed by atoms with E-state index in [-0.39, 0.29) is 0 Å². The highest BCUT2D eigenvalue weighted by molar-refractivity contribution is 7.26. The summed E-state index contributed by atoms with van der Waals surface area (Å²) in [6.07, 6.45) is 0. The topological polar surface area (TPSA) is 51.6 Å². The summed E-state index contributed by atoms with van der Waals surface area (Å²) in [5, 5.41) is 8.50. The summed E-state index contributed by atoms with van der Waals surface area (Å²) in [4.78, 5) is 20.5. The molecule has 11 aromatic rings. The fourth-order valence-electron chi connectivity index (χ4n) is 7.86. The molecule has 0 unspecified atom stereocenters. The van der Waals surface area contributed by atoms with Gasteiger partial charge in [-0.25, -0.2) is 19.9 Å². The number of aromatic nitrogens is 4. The van der Waals surface area contributed by atoms with E-state index in [1.165, 1.54) is 47.3 Å². The lowest BCUT2D eigenvalue weighted by atomic mass is 9.93. The minimum Gasteiger partial charge on any atom is -0.246 e. The molecule has 0 aliphatic rings. The first kappa shape index (κ1) is 31.4. The number of benzene rings is 8. The first-order valence-corrected chi connectivity index (χ1v) is 19.2. The van der Waals surface area contributed by atoms with Crippen molar-refractivity contribution in [2.45, 2.75) is 0 Å². The van der Waals surface area contributed by atoms with E-state index >= 15 is 0 Å². The average Bonchev–Trinajstić information content (AvgIpc) is 3.66. The third kappa shape index (κ3) is 5.36. The molecule has 256 valence electrons. The van der Waals surface area contributed by atoms with Gasteiger partial charge in [0.2, 0.25) is 0 Å². The number of nitrogens with zero attached hydrogens (tertiary/aromatic N) is 4. The zero-order valence-electron chi connectivity index (χ0n) is 29.5. The first-order valence-electron chi connectivity index (χ1n) is 18.4. The average molecular weight is 719 g/mol. The second-order valence-corrected chi connectivity index (χ2v) is 14.9. The van der Waals surface area contributed by atoms with Crippen LogP contribution in [-0.4, -0.2) is 19.9 Å². The lowest BCUT2D eigenvalue weighted by Gasteiger charge is -2.12. The van der Waals surface area contributed by atoms with E-state index in [2.05, 4.69) is 158 Å². The fourth-order valence-corrected chi connectivity index (χ4v) is 9.07.